The van der Waals surface area contributed by atoms with Gasteiger partial charge in [-0.1, -0.05) is 0 Å². The normalized spacial score (nSPS) is 16.1. The van der Waals surface area contributed by atoms with E-state index in [0.29, 0.717) is 24.1 Å². The highest BCUT2D eigenvalue weighted by atomic mass is 19.4. The number of aryl methyl sites for hydroxylation is 1. The van der Waals surface area contributed by atoms with Gasteiger partial charge in [0.15, 0.2) is 17.2 Å². The molecule has 28 heavy (non-hydrogen) atoms. The summed E-state index contributed by atoms with van der Waals surface area (Å²) in [5.41, 5.74) is -1.15. The predicted octanol–water partition coefficient (Wildman–Crippen LogP) is 1.92. The van der Waals surface area contributed by atoms with E-state index in [9.17, 15) is 18.0 Å². The first-order chi connectivity index (χ1) is 13.3. The fraction of sp³-hybridized carbons (Fsp3) is 0.471. The van der Waals surface area contributed by atoms with Crippen molar-refractivity contribution in [1.29, 1.82) is 0 Å². The number of halogens is 3. The van der Waals surface area contributed by atoms with Gasteiger partial charge in [0.2, 0.25) is 0 Å². The molecule has 3 aromatic rings. The molecule has 4 rings (SSSR count). The van der Waals surface area contributed by atoms with Crippen LogP contribution >= 0.6 is 0 Å². The van der Waals surface area contributed by atoms with Crippen molar-refractivity contribution in [2.75, 3.05) is 18.0 Å². The maximum absolute atomic E-state index is 12.6. The van der Waals surface area contributed by atoms with E-state index in [1.54, 1.807) is 4.52 Å². The maximum Gasteiger partial charge on any atom is 0.433 e. The molecule has 0 unspecified atom stereocenters. The molecule has 0 spiro atoms. The molecule has 8 nitrogen and oxygen atoms in total. The molecular weight excluding hydrogens is 375 g/mol. The summed E-state index contributed by atoms with van der Waals surface area (Å²) in [5, 5.41) is 12.6. The van der Waals surface area contributed by atoms with E-state index in [-0.39, 0.29) is 5.92 Å². The Hall–Kier alpha value is -2.98. The van der Waals surface area contributed by atoms with Crippen LogP contribution < -0.4 is 10.5 Å². The summed E-state index contributed by atoms with van der Waals surface area (Å²) in [7, 11) is 0. The largest absolute Gasteiger partial charge is 0.433 e. The van der Waals surface area contributed by atoms with Crippen molar-refractivity contribution in [2.24, 2.45) is 5.92 Å². The first-order valence-electron chi connectivity index (χ1n) is 8.89. The molecule has 1 saturated heterocycles. The van der Waals surface area contributed by atoms with Crippen LogP contribution in [0.15, 0.2) is 29.3 Å². The van der Waals surface area contributed by atoms with Crippen molar-refractivity contribution in [2.45, 2.75) is 32.5 Å². The molecule has 11 heteroatoms. The first kappa shape index (κ1) is 18.4. The number of aromatic nitrogens is 6. The van der Waals surface area contributed by atoms with E-state index < -0.39 is 17.4 Å². The van der Waals surface area contributed by atoms with Crippen LogP contribution in [0.2, 0.25) is 0 Å². The second-order valence-corrected chi connectivity index (χ2v) is 6.90. The monoisotopic (exact) mass is 393 g/mol. The molecular formula is C17H18F3N7O. The van der Waals surface area contributed by atoms with Gasteiger partial charge in [-0.2, -0.15) is 17.7 Å². The third-order valence-electron chi connectivity index (χ3n) is 4.97. The van der Waals surface area contributed by atoms with Crippen LogP contribution in [0.4, 0.5) is 19.0 Å². The van der Waals surface area contributed by atoms with Crippen LogP contribution in [0.1, 0.15) is 24.4 Å². The second-order valence-electron chi connectivity index (χ2n) is 6.90. The van der Waals surface area contributed by atoms with Crippen LogP contribution in [0.3, 0.4) is 0 Å². The number of alkyl halides is 3. The number of anilines is 1. The number of rotatable bonds is 3. The van der Waals surface area contributed by atoms with E-state index in [4.69, 9.17) is 0 Å². The van der Waals surface area contributed by atoms with Gasteiger partial charge >= 0.3 is 6.18 Å². The standard InChI is InChI=1S/C17H18F3N7O/c1-11-22-23-14-2-3-15(24-27(11)14)25-6-4-12(5-7-25)9-26-10-21-13(8-16(26)28)17(18,19)20/h2-3,8,10,12H,4-7,9H2,1H3. The van der Waals surface area contributed by atoms with Gasteiger partial charge in [-0.05, 0) is 37.8 Å². The topological polar surface area (TPSA) is 81.2 Å². The summed E-state index contributed by atoms with van der Waals surface area (Å²) in [6.45, 7) is 3.67. The Morgan fingerprint density at radius 1 is 1.18 bits per heavy atom. The van der Waals surface area contributed by atoms with Crippen LogP contribution in [0, 0.1) is 12.8 Å². The molecule has 148 valence electrons. The van der Waals surface area contributed by atoms with Gasteiger partial charge in [-0.25, -0.2) is 4.98 Å². The van der Waals surface area contributed by atoms with Crippen LogP contribution in [0.5, 0.6) is 0 Å². The third-order valence-corrected chi connectivity index (χ3v) is 4.97. The molecule has 0 saturated carbocycles. The molecule has 1 aliphatic heterocycles. The summed E-state index contributed by atoms with van der Waals surface area (Å²) < 4.78 is 40.8. The zero-order valence-electron chi connectivity index (χ0n) is 15.1. The molecule has 4 heterocycles. The minimum absolute atomic E-state index is 0.188. The summed E-state index contributed by atoms with van der Waals surface area (Å²) >= 11 is 0. The highest BCUT2D eigenvalue weighted by Gasteiger charge is 2.33. The van der Waals surface area contributed by atoms with E-state index >= 15 is 0 Å². The van der Waals surface area contributed by atoms with Crippen molar-refractivity contribution in [3.05, 3.63) is 46.4 Å². The number of hydrogen-bond donors (Lipinski definition) is 0. The predicted molar refractivity (Wildman–Crippen MR) is 94.0 cm³/mol. The Kier molecular flexibility index (Phi) is 4.52. The molecule has 1 aliphatic rings. The maximum atomic E-state index is 12.6. The molecule has 0 bridgehead atoms. The van der Waals surface area contributed by atoms with Crippen molar-refractivity contribution < 1.29 is 13.2 Å². The Balaban J connectivity index is 1.41. The lowest BCUT2D eigenvalue weighted by Gasteiger charge is -2.32. The van der Waals surface area contributed by atoms with E-state index in [0.717, 1.165) is 38.1 Å². The van der Waals surface area contributed by atoms with Crippen LogP contribution in [-0.4, -0.2) is 42.5 Å². The number of hydrogen-bond acceptors (Lipinski definition) is 6. The summed E-state index contributed by atoms with van der Waals surface area (Å²) in [5.74, 6) is 1.72. The Bertz CT molecular complexity index is 1050. The summed E-state index contributed by atoms with van der Waals surface area (Å²) in [4.78, 5) is 17.5. The molecule has 0 amide bonds. The van der Waals surface area contributed by atoms with Gasteiger partial charge in [0.25, 0.3) is 5.56 Å². The van der Waals surface area contributed by atoms with Gasteiger partial charge in [-0.3, -0.25) is 9.36 Å². The van der Waals surface area contributed by atoms with Crippen molar-refractivity contribution in [3.63, 3.8) is 0 Å². The van der Waals surface area contributed by atoms with Crippen molar-refractivity contribution in [1.82, 2.24) is 29.4 Å². The quantitative estimate of drug-likeness (QED) is 0.676. The first-order valence-corrected chi connectivity index (χ1v) is 8.89. The van der Waals surface area contributed by atoms with Gasteiger partial charge in [-0.15, -0.1) is 15.3 Å². The third kappa shape index (κ3) is 3.56. The summed E-state index contributed by atoms with van der Waals surface area (Å²) in [6.07, 6.45) is -2.02. The van der Waals surface area contributed by atoms with Gasteiger partial charge in [0, 0.05) is 25.7 Å². The fourth-order valence-corrected chi connectivity index (χ4v) is 3.40. The average Bonchev–Trinajstić information content (AvgIpc) is 3.03. The molecule has 0 aliphatic carbocycles. The lowest BCUT2D eigenvalue weighted by Crippen LogP contribution is -2.37. The van der Waals surface area contributed by atoms with Gasteiger partial charge < -0.3 is 4.90 Å². The zero-order chi connectivity index (χ0) is 19.9. The zero-order valence-corrected chi connectivity index (χ0v) is 15.1. The summed E-state index contributed by atoms with van der Waals surface area (Å²) in [6, 6.07) is 4.31. The Morgan fingerprint density at radius 3 is 2.61 bits per heavy atom. The van der Waals surface area contributed by atoms with Crippen LogP contribution in [-0.2, 0) is 12.7 Å². The van der Waals surface area contributed by atoms with Crippen molar-refractivity contribution in [3.8, 4) is 0 Å². The molecule has 1 fully saturated rings. The smallest absolute Gasteiger partial charge is 0.355 e. The van der Waals surface area contributed by atoms with Crippen molar-refractivity contribution >= 4 is 11.5 Å². The van der Waals surface area contributed by atoms with Crippen LogP contribution in [0.25, 0.3) is 5.65 Å². The fourth-order valence-electron chi connectivity index (χ4n) is 3.40. The van der Waals surface area contributed by atoms with E-state index in [1.165, 1.54) is 4.57 Å². The molecule has 0 aromatic carbocycles. The number of piperidine rings is 1. The number of nitrogens with zero attached hydrogens (tertiary/aromatic N) is 7. The highest BCUT2D eigenvalue weighted by Crippen LogP contribution is 2.26. The SMILES string of the molecule is Cc1nnc2ccc(N3CCC(Cn4cnc(C(F)(F)F)cc4=O)CC3)nn12. The molecule has 0 radical (unpaired) electrons. The Labute approximate surface area is 157 Å². The lowest BCUT2D eigenvalue weighted by atomic mass is 9.96. The second kappa shape index (κ2) is 6.88. The molecule has 3 aromatic heterocycles. The van der Waals surface area contributed by atoms with E-state index in [1.807, 2.05) is 19.1 Å². The average molecular weight is 393 g/mol. The van der Waals surface area contributed by atoms with E-state index in [2.05, 4.69) is 25.2 Å². The number of fused-ring (bicyclic) bond motifs is 1. The van der Waals surface area contributed by atoms with Gasteiger partial charge in [0.05, 0.1) is 6.33 Å². The molecule has 0 atom stereocenters. The Morgan fingerprint density at radius 2 is 1.93 bits per heavy atom. The minimum atomic E-state index is -4.61. The minimum Gasteiger partial charge on any atom is -0.355 e. The molecule has 0 N–H and O–H groups in total. The van der Waals surface area contributed by atoms with Gasteiger partial charge in [0.1, 0.15) is 5.82 Å². The lowest BCUT2D eigenvalue weighted by molar-refractivity contribution is -0.141. The highest BCUT2D eigenvalue weighted by molar-refractivity contribution is 5.45.